The standard InChI is InChI=1S/C33H52N4O5/c1-32(2,3)41-30(38)35-19-9-13-25(23-35)15-11-21-37-28-18-8-7-17-27(28)34-29(37)40-22-12-16-26-14-10-20-36(24-26)31(39)42-33(4,5)6/h7-8,17-18,25-26H,9-16,19-24H2,1-6H3. The molecule has 2 atom stereocenters. The molecule has 3 heterocycles. The molecule has 2 saturated heterocycles. The summed E-state index contributed by atoms with van der Waals surface area (Å²) in [5.74, 6) is 0.936. The van der Waals surface area contributed by atoms with Crippen LogP contribution in [0.1, 0.15) is 92.9 Å². The molecule has 0 bridgehead atoms. The number of hydrogen-bond donors (Lipinski definition) is 0. The van der Waals surface area contributed by atoms with Crippen LogP contribution in [0.15, 0.2) is 24.3 Å². The molecule has 42 heavy (non-hydrogen) atoms. The number of benzene rings is 1. The minimum absolute atomic E-state index is 0.200. The number of aromatic nitrogens is 2. The number of piperidine rings is 2. The van der Waals surface area contributed by atoms with Crippen molar-refractivity contribution in [3.63, 3.8) is 0 Å². The number of nitrogens with zero attached hydrogens (tertiary/aromatic N) is 4. The van der Waals surface area contributed by atoms with E-state index in [2.05, 4.69) is 10.6 Å². The Morgan fingerprint density at radius 1 is 0.833 bits per heavy atom. The third kappa shape index (κ3) is 9.53. The topological polar surface area (TPSA) is 86.1 Å². The van der Waals surface area contributed by atoms with Gasteiger partial charge >= 0.3 is 12.2 Å². The molecule has 0 spiro atoms. The highest BCUT2D eigenvalue weighted by Crippen LogP contribution is 2.27. The molecule has 2 aliphatic rings. The Hall–Kier alpha value is -2.97. The van der Waals surface area contributed by atoms with E-state index < -0.39 is 11.2 Å². The van der Waals surface area contributed by atoms with Crippen LogP contribution in [0.4, 0.5) is 9.59 Å². The highest BCUT2D eigenvalue weighted by Gasteiger charge is 2.29. The molecule has 9 nitrogen and oxygen atoms in total. The maximum Gasteiger partial charge on any atom is 0.410 e. The summed E-state index contributed by atoms with van der Waals surface area (Å²) in [7, 11) is 0. The zero-order chi connectivity index (χ0) is 30.3. The first-order valence-corrected chi connectivity index (χ1v) is 15.9. The van der Waals surface area contributed by atoms with Gasteiger partial charge in [-0.3, -0.25) is 4.57 Å². The summed E-state index contributed by atoms with van der Waals surface area (Å²) >= 11 is 0. The lowest BCUT2D eigenvalue weighted by molar-refractivity contribution is 0.0151. The third-order valence-corrected chi connectivity index (χ3v) is 7.94. The van der Waals surface area contributed by atoms with Crippen LogP contribution in [-0.2, 0) is 16.0 Å². The number of carbonyl (C=O) groups is 2. The average Bonchev–Trinajstić information content (AvgIpc) is 3.27. The Morgan fingerprint density at radius 2 is 1.38 bits per heavy atom. The fraction of sp³-hybridized carbons (Fsp3) is 0.727. The van der Waals surface area contributed by atoms with Crippen molar-refractivity contribution >= 4 is 23.2 Å². The largest absolute Gasteiger partial charge is 0.465 e. The molecule has 2 fully saturated rings. The molecule has 0 N–H and O–H groups in total. The van der Waals surface area contributed by atoms with E-state index >= 15 is 0 Å². The van der Waals surface area contributed by atoms with Gasteiger partial charge in [0.05, 0.1) is 17.6 Å². The first-order valence-electron chi connectivity index (χ1n) is 15.9. The van der Waals surface area contributed by atoms with Crippen LogP contribution < -0.4 is 4.74 Å². The lowest BCUT2D eigenvalue weighted by Crippen LogP contribution is -2.42. The Bertz CT molecular complexity index is 1180. The Balaban J connectivity index is 1.26. The second kappa shape index (κ2) is 14.0. The van der Waals surface area contributed by atoms with Crippen molar-refractivity contribution in [2.45, 2.75) is 111 Å². The summed E-state index contributed by atoms with van der Waals surface area (Å²) in [6.45, 7) is 15.9. The van der Waals surface area contributed by atoms with Gasteiger partial charge < -0.3 is 24.0 Å². The van der Waals surface area contributed by atoms with Gasteiger partial charge in [0.15, 0.2) is 0 Å². The summed E-state index contributed by atoms with van der Waals surface area (Å²) in [5.41, 5.74) is 1.09. The molecular weight excluding hydrogens is 532 g/mol. The molecule has 4 rings (SSSR count). The van der Waals surface area contributed by atoms with E-state index in [0.717, 1.165) is 95.1 Å². The van der Waals surface area contributed by atoms with Gasteiger partial charge in [-0.25, -0.2) is 9.59 Å². The molecule has 0 aliphatic carbocycles. The zero-order valence-corrected chi connectivity index (χ0v) is 26.7. The monoisotopic (exact) mass is 584 g/mol. The summed E-state index contributed by atoms with van der Waals surface area (Å²) in [4.78, 5) is 33.6. The van der Waals surface area contributed by atoms with Gasteiger partial charge in [-0.2, -0.15) is 4.98 Å². The van der Waals surface area contributed by atoms with Gasteiger partial charge in [0, 0.05) is 32.7 Å². The maximum atomic E-state index is 12.6. The predicted octanol–water partition coefficient (Wildman–Crippen LogP) is 7.27. The number of imidazole rings is 1. The molecule has 234 valence electrons. The summed E-state index contributed by atoms with van der Waals surface area (Å²) in [6.07, 6.45) is 7.85. The van der Waals surface area contributed by atoms with E-state index in [-0.39, 0.29) is 12.2 Å². The second-order valence-corrected chi connectivity index (χ2v) is 14.0. The molecule has 1 aromatic carbocycles. The number of aryl methyl sites for hydroxylation is 1. The molecule has 9 heteroatoms. The molecular formula is C33H52N4O5. The third-order valence-electron chi connectivity index (χ3n) is 7.94. The lowest BCUT2D eigenvalue weighted by atomic mass is 9.93. The summed E-state index contributed by atoms with van der Waals surface area (Å²) in [5, 5.41) is 0. The van der Waals surface area contributed by atoms with Crippen molar-refractivity contribution in [3.05, 3.63) is 24.3 Å². The van der Waals surface area contributed by atoms with Crippen molar-refractivity contribution in [1.29, 1.82) is 0 Å². The highest BCUT2D eigenvalue weighted by atomic mass is 16.6. The molecule has 0 radical (unpaired) electrons. The number of amides is 2. The molecule has 1 aromatic heterocycles. The van der Waals surface area contributed by atoms with E-state index in [9.17, 15) is 9.59 Å². The van der Waals surface area contributed by atoms with Gasteiger partial charge in [-0.15, -0.1) is 0 Å². The van der Waals surface area contributed by atoms with Gasteiger partial charge in [0.1, 0.15) is 11.2 Å². The predicted molar refractivity (Wildman–Crippen MR) is 165 cm³/mol. The molecule has 2 amide bonds. The number of carbonyl (C=O) groups excluding carboxylic acids is 2. The molecule has 2 aliphatic heterocycles. The first kappa shape index (κ1) is 32.0. The number of para-hydroxylation sites is 2. The van der Waals surface area contributed by atoms with Crippen molar-refractivity contribution in [2.75, 3.05) is 32.8 Å². The number of fused-ring (bicyclic) bond motifs is 1. The Morgan fingerprint density at radius 3 is 1.95 bits per heavy atom. The molecule has 2 aromatic rings. The maximum absolute atomic E-state index is 12.6. The minimum Gasteiger partial charge on any atom is -0.465 e. The number of likely N-dealkylation sites (tertiary alicyclic amines) is 2. The van der Waals surface area contributed by atoms with Crippen molar-refractivity contribution in [2.24, 2.45) is 11.8 Å². The SMILES string of the molecule is CC(C)(C)OC(=O)N1CCCC(CCCOc2nc3ccccc3n2CCCC2CCCN(C(=O)OC(C)(C)C)C2)C1. The van der Waals surface area contributed by atoms with Crippen LogP contribution in [0.25, 0.3) is 11.0 Å². The molecule has 0 saturated carbocycles. The Kier molecular flexibility index (Phi) is 10.7. The highest BCUT2D eigenvalue weighted by molar-refractivity contribution is 5.76. The number of rotatable bonds is 9. The quantitative estimate of drug-likeness (QED) is 0.288. The normalized spacial score (nSPS) is 20.0. The van der Waals surface area contributed by atoms with Crippen LogP contribution in [0.2, 0.25) is 0 Å². The first-order chi connectivity index (χ1) is 19.9. The summed E-state index contributed by atoms with van der Waals surface area (Å²) in [6, 6.07) is 8.87. The number of hydrogen-bond acceptors (Lipinski definition) is 6. The van der Waals surface area contributed by atoms with E-state index in [4.69, 9.17) is 19.2 Å². The smallest absolute Gasteiger partial charge is 0.410 e. The fourth-order valence-electron chi connectivity index (χ4n) is 6.04. The average molecular weight is 585 g/mol. The lowest BCUT2D eigenvalue weighted by Gasteiger charge is -2.34. The van der Waals surface area contributed by atoms with Crippen molar-refractivity contribution in [1.82, 2.24) is 19.4 Å². The zero-order valence-electron chi connectivity index (χ0n) is 26.7. The van der Waals surface area contributed by atoms with Crippen molar-refractivity contribution < 1.29 is 23.8 Å². The Labute approximate surface area is 251 Å². The van der Waals surface area contributed by atoms with Crippen LogP contribution in [0, 0.1) is 11.8 Å². The van der Waals surface area contributed by atoms with E-state index in [1.165, 1.54) is 0 Å². The summed E-state index contributed by atoms with van der Waals surface area (Å²) < 4.78 is 19.7. The van der Waals surface area contributed by atoms with Crippen LogP contribution >= 0.6 is 0 Å². The van der Waals surface area contributed by atoms with Crippen LogP contribution in [-0.4, -0.2) is 75.5 Å². The van der Waals surface area contributed by atoms with Crippen molar-refractivity contribution in [3.8, 4) is 6.01 Å². The fourth-order valence-corrected chi connectivity index (χ4v) is 6.04. The van der Waals surface area contributed by atoms with E-state index in [0.29, 0.717) is 24.5 Å². The van der Waals surface area contributed by atoms with Crippen LogP contribution in [0.3, 0.4) is 0 Å². The van der Waals surface area contributed by atoms with Crippen LogP contribution in [0.5, 0.6) is 6.01 Å². The van der Waals surface area contributed by atoms with Gasteiger partial charge in [-0.05, 0) is 117 Å². The van der Waals surface area contributed by atoms with Gasteiger partial charge in [0.25, 0.3) is 6.01 Å². The van der Waals surface area contributed by atoms with Gasteiger partial charge in [-0.1, -0.05) is 12.1 Å². The van der Waals surface area contributed by atoms with E-state index in [1.54, 1.807) is 0 Å². The van der Waals surface area contributed by atoms with Gasteiger partial charge in [0.2, 0.25) is 0 Å². The minimum atomic E-state index is -0.472. The second-order valence-electron chi connectivity index (χ2n) is 14.0. The number of ether oxygens (including phenoxy) is 3. The van der Waals surface area contributed by atoms with E-state index in [1.807, 2.05) is 69.5 Å². The molecule has 2 unspecified atom stereocenters.